The van der Waals surface area contributed by atoms with Crippen molar-refractivity contribution in [3.63, 3.8) is 0 Å². The average molecular weight is 403 g/mol. The van der Waals surface area contributed by atoms with E-state index in [9.17, 15) is 14.3 Å². The largest absolute Gasteiger partial charge is 0.478 e. The Morgan fingerprint density at radius 2 is 1.83 bits per heavy atom. The monoisotopic (exact) mass is 403 g/mol. The molecule has 0 aliphatic heterocycles. The van der Waals surface area contributed by atoms with Crippen LogP contribution in [0.2, 0.25) is 0 Å². The highest BCUT2D eigenvalue weighted by atomic mass is 19.1. The zero-order valence-corrected chi connectivity index (χ0v) is 17.1. The maximum Gasteiger partial charge on any atom is 0.336 e. The molecule has 1 heterocycles. The minimum Gasteiger partial charge on any atom is -0.478 e. The van der Waals surface area contributed by atoms with Gasteiger partial charge in [0.25, 0.3) is 0 Å². The van der Waals surface area contributed by atoms with Gasteiger partial charge in [0.05, 0.1) is 22.5 Å². The van der Waals surface area contributed by atoms with Gasteiger partial charge in [0.15, 0.2) is 0 Å². The number of nitrogens with zero attached hydrogens (tertiary/aromatic N) is 3. The maximum atomic E-state index is 13.6. The van der Waals surface area contributed by atoms with Crippen LogP contribution >= 0.6 is 0 Å². The van der Waals surface area contributed by atoms with Crippen molar-refractivity contribution in [2.45, 2.75) is 6.92 Å². The second-order valence-electron chi connectivity index (χ2n) is 7.02. The van der Waals surface area contributed by atoms with E-state index in [4.69, 9.17) is 0 Å². The molecule has 0 radical (unpaired) electrons. The smallest absolute Gasteiger partial charge is 0.336 e. The van der Waals surface area contributed by atoms with E-state index < -0.39 is 11.8 Å². The predicted molar refractivity (Wildman–Crippen MR) is 121 cm³/mol. The molecule has 5 nitrogen and oxygen atoms in total. The summed E-state index contributed by atoms with van der Waals surface area (Å²) in [5.41, 5.74) is 4.27. The van der Waals surface area contributed by atoms with E-state index >= 15 is 0 Å². The fraction of sp³-hybridized carbons (Fsp3) is 0.125. The number of fused-ring (bicyclic) bond motifs is 1. The third kappa shape index (κ3) is 4.43. The quantitative estimate of drug-likeness (QED) is 0.449. The molecular formula is C24H22FN3O2. The summed E-state index contributed by atoms with van der Waals surface area (Å²) in [6.07, 6.45) is 3.62. The summed E-state index contributed by atoms with van der Waals surface area (Å²) < 4.78 is 13.6. The zero-order valence-electron chi connectivity index (χ0n) is 17.1. The number of benzene rings is 2. The lowest BCUT2D eigenvalue weighted by atomic mass is 10.0. The number of hydrogen-bond donors (Lipinski definition) is 1. The van der Waals surface area contributed by atoms with E-state index in [2.05, 4.69) is 16.7 Å². The number of carboxylic acid groups (broad SMARTS) is 1. The van der Waals surface area contributed by atoms with Crippen LogP contribution in [0.3, 0.4) is 0 Å². The third-order valence-electron chi connectivity index (χ3n) is 4.76. The summed E-state index contributed by atoms with van der Waals surface area (Å²) in [5.74, 6) is -1.68. The van der Waals surface area contributed by atoms with Crippen molar-refractivity contribution in [3.8, 4) is 0 Å². The number of pyridine rings is 1. The molecule has 1 N–H and O–H groups in total. The molecule has 3 aromatic rings. The number of carboxylic acids is 1. The van der Waals surface area contributed by atoms with Gasteiger partial charge in [-0.1, -0.05) is 18.2 Å². The van der Waals surface area contributed by atoms with Crippen molar-refractivity contribution in [1.82, 2.24) is 4.98 Å². The van der Waals surface area contributed by atoms with E-state index in [1.807, 2.05) is 56.3 Å². The van der Waals surface area contributed by atoms with Gasteiger partial charge in [0, 0.05) is 25.2 Å². The van der Waals surface area contributed by atoms with Crippen LogP contribution in [0.4, 0.5) is 10.1 Å². The Bertz CT molecular complexity index is 1180. The Morgan fingerprint density at radius 1 is 1.13 bits per heavy atom. The highest BCUT2D eigenvalue weighted by Crippen LogP contribution is 2.25. The van der Waals surface area contributed by atoms with Crippen molar-refractivity contribution in [3.05, 3.63) is 83.3 Å². The number of carbonyl (C=O) groups is 1. The van der Waals surface area contributed by atoms with E-state index in [0.717, 1.165) is 16.8 Å². The van der Waals surface area contributed by atoms with Crippen LogP contribution in [-0.4, -0.2) is 36.9 Å². The van der Waals surface area contributed by atoms with Gasteiger partial charge in [-0.05, 0) is 67.3 Å². The van der Waals surface area contributed by atoms with Gasteiger partial charge in [-0.15, -0.1) is 0 Å². The Balaban J connectivity index is 2.02. The molecule has 0 saturated heterocycles. The molecule has 0 bridgehead atoms. The van der Waals surface area contributed by atoms with Crippen LogP contribution in [0.5, 0.6) is 0 Å². The van der Waals surface area contributed by atoms with Crippen LogP contribution in [0, 0.1) is 5.82 Å². The summed E-state index contributed by atoms with van der Waals surface area (Å²) in [4.78, 5) is 22.2. The van der Waals surface area contributed by atoms with Gasteiger partial charge in [-0.2, -0.15) is 0 Å². The molecule has 0 saturated carbocycles. The number of halogens is 1. The summed E-state index contributed by atoms with van der Waals surface area (Å²) in [5, 5.41) is 9.79. The second-order valence-corrected chi connectivity index (χ2v) is 7.02. The Labute approximate surface area is 174 Å². The molecular weight excluding hydrogens is 381 g/mol. The lowest BCUT2D eigenvalue weighted by molar-refractivity contribution is 0.0699. The number of aliphatic imine (C=N–C) groups is 1. The van der Waals surface area contributed by atoms with Crippen molar-refractivity contribution in [1.29, 1.82) is 0 Å². The lowest BCUT2D eigenvalue weighted by Gasteiger charge is -2.12. The first-order valence-corrected chi connectivity index (χ1v) is 9.27. The molecule has 2 aromatic carbocycles. The van der Waals surface area contributed by atoms with Gasteiger partial charge in [0.1, 0.15) is 5.82 Å². The highest BCUT2D eigenvalue weighted by Gasteiger charge is 2.14. The fourth-order valence-electron chi connectivity index (χ4n) is 3.05. The number of anilines is 1. The predicted octanol–water partition coefficient (Wildman–Crippen LogP) is 5.28. The Morgan fingerprint density at radius 3 is 2.43 bits per heavy atom. The maximum absolute atomic E-state index is 13.6. The molecule has 0 amide bonds. The minimum absolute atomic E-state index is 0.0379. The number of aromatic carboxylic acids is 1. The van der Waals surface area contributed by atoms with Crippen LogP contribution in [-0.2, 0) is 0 Å². The highest BCUT2D eigenvalue weighted by molar-refractivity contribution is 6.03. The van der Waals surface area contributed by atoms with Crippen LogP contribution in [0.25, 0.3) is 22.2 Å². The average Bonchev–Trinajstić information content (AvgIpc) is 2.73. The van der Waals surface area contributed by atoms with Crippen molar-refractivity contribution in [2.75, 3.05) is 19.0 Å². The number of aromatic nitrogens is 1. The minimum atomic E-state index is -1.16. The van der Waals surface area contributed by atoms with E-state index in [0.29, 0.717) is 16.9 Å². The van der Waals surface area contributed by atoms with Gasteiger partial charge < -0.3 is 10.0 Å². The zero-order chi connectivity index (χ0) is 21.8. The summed E-state index contributed by atoms with van der Waals surface area (Å²) in [6, 6.07) is 13.4. The molecule has 0 spiro atoms. The van der Waals surface area contributed by atoms with Crippen LogP contribution in [0.15, 0.2) is 65.7 Å². The molecule has 0 aliphatic carbocycles. The second kappa shape index (κ2) is 8.69. The summed E-state index contributed by atoms with van der Waals surface area (Å²) in [7, 11) is 3.97. The van der Waals surface area contributed by atoms with Crippen molar-refractivity contribution >= 4 is 40.5 Å². The van der Waals surface area contributed by atoms with Gasteiger partial charge in [0.2, 0.25) is 0 Å². The first-order chi connectivity index (χ1) is 14.3. The molecule has 152 valence electrons. The summed E-state index contributed by atoms with van der Waals surface area (Å²) >= 11 is 0. The standard InChI is InChI=1S/C24H22FN3O2/c1-15(16-6-9-18(10-7-16)28(3)4)5-11-22(26-2)23-14-20(24(29)30)19-13-17(25)8-12-21(19)27-23/h5-14H,2H2,1,3-4H3,(H,29,30)/b15-5+,22-11-. The van der Waals surface area contributed by atoms with E-state index in [1.165, 1.54) is 24.3 Å². The van der Waals surface area contributed by atoms with Gasteiger partial charge in [-0.25, -0.2) is 14.2 Å². The summed E-state index contributed by atoms with van der Waals surface area (Å²) in [6.45, 7) is 5.56. The number of allylic oxidation sites excluding steroid dienone is 3. The molecule has 3 rings (SSSR count). The van der Waals surface area contributed by atoms with Crippen molar-refractivity contribution in [2.24, 2.45) is 4.99 Å². The molecule has 0 unspecified atom stereocenters. The molecule has 0 aliphatic rings. The van der Waals surface area contributed by atoms with Crippen molar-refractivity contribution < 1.29 is 14.3 Å². The lowest BCUT2D eigenvalue weighted by Crippen LogP contribution is -2.08. The normalized spacial score (nSPS) is 12.1. The first kappa shape index (κ1) is 20.9. The molecule has 1 aromatic heterocycles. The topological polar surface area (TPSA) is 65.8 Å². The van der Waals surface area contributed by atoms with Crippen LogP contribution in [0.1, 0.15) is 28.5 Å². The van der Waals surface area contributed by atoms with E-state index in [1.54, 1.807) is 6.08 Å². The number of rotatable bonds is 6. The number of hydrogen-bond acceptors (Lipinski definition) is 4. The first-order valence-electron chi connectivity index (χ1n) is 9.27. The Hall–Kier alpha value is -3.80. The van der Waals surface area contributed by atoms with E-state index in [-0.39, 0.29) is 10.9 Å². The Kier molecular flexibility index (Phi) is 6.06. The molecule has 0 atom stereocenters. The third-order valence-corrected chi connectivity index (χ3v) is 4.76. The van der Waals surface area contributed by atoms with Gasteiger partial charge >= 0.3 is 5.97 Å². The molecule has 0 fully saturated rings. The van der Waals surface area contributed by atoms with Crippen LogP contribution < -0.4 is 4.90 Å². The van der Waals surface area contributed by atoms with Gasteiger partial charge in [-0.3, -0.25) is 4.99 Å². The molecule has 30 heavy (non-hydrogen) atoms. The fourth-order valence-corrected chi connectivity index (χ4v) is 3.05. The molecule has 6 heteroatoms. The SMILES string of the molecule is C=N/C(=C\C=C(/C)c1ccc(N(C)C)cc1)c1cc(C(=O)O)c2cc(F)ccc2n1.